The lowest BCUT2D eigenvalue weighted by atomic mass is 9.71. The molecule has 1 aliphatic carbocycles. The first-order valence-corrected chi connectivity index (χ1v) is 3.62. The van der Waals surface area contributed by atoms with Gasteiger partial charge in [-0.05, 0) is 7.05 Å². The van der Waals surface area contributed by atoms with Crippen LogP contribution in [-0.2, 0) is 4.79 Å². The van der Waals surface area contributed by atoms with Crippen molar-refractivity contribution < 1.29 is 14.3 Å². The number of hydrogen-bond donors (Lipinski definition) is 1. The van der Waals surface area contributed by atoms with Crippen molar-refractivity contribution in [3.63, 3.8) is 0 Å². The van der Waals surface area contributed by atoms with Gasteiger partial charge in [0.25, 0.3) is 0 Å². The summed E-state index contributed by atoms with van der Waals surface area (Å²) in [5, 5.41) is 8.79. The minimum Gasteiger partial charge on any atom is -0.480 e. The molecule has 4 heteroatoms. The van der Waals surface area contributed by atoms with Gasteiger partial charge >= 0.3 is 5.97 Å². The number of likely N-dealkylation sites (N-methyl/N-ethyl adjacent to an activating group) is 1. The monoisotopic (exact) mass is 159 g/mol. The summed E-state index contributed by atoms with van der Waals surface area (Å²) >= 11 is 0. The average Bonchev–Trinajstić information content (AvgIpc) is 2.14. The molecule has 0 spiro atoms. The number of carbonyl (C=O) groups is 1. The highest BCUT2D eigenvalue weighted by Crippen LogP contribution is 2.54. The van der Waals surface area contributed by atoms with Gasteiger partial charge in [-0.3, -0.25) is 9.69 Å². The number of carboxylic acids is 1. The van der Waals surface area contributed by atoms with Crippen LogP contribution < -0.4 is 0 Å². The van der Waals surface area contributed by atoms with Gasteiger partial charge in [0.15, 0.2) is 0 Å². The number of hydrogen-bond acceptors (Lipinski definition) is 2. The van der Waals surface area contributed by atoms with Gasteiger partial charge in [0.1, 0.15) is 11.2 Å². The van der Waals surface area contributed by atoms with E-state index in [0.29, 0.717) is 0 Å². The van der Waals surface area contributed by atoms with E-state index in [1.165, 1.54) is 0 Å². The molecular weight excluding hydrogens is 149 g/mol. The number of alkyl halides is 1. The molecule has 3 rings (SSSR count). The summed E-state index contributed by atoms with van der Waals surface area (Å²) in [6.45, 7) is 0.277. The summed E-state index contributed by atoms with van der Waals surface area (Å²) in [5.41, 5.74) is -2.07. The fourth-order valence-electron chi connectivity index (χ4n) is 2.27. The van der Waals surface area contributed by atoms with Crippen LogP contribution in [0.3, 0.4) is 0 Å². The Hall–Kier alpha value is -0.640. The minimum atomic E-state index is -1.20. The zero-order chi connectivity index (χ0) is 8.28. The van der Waals surface area contributed by atoms with E-state index < -0.39 is 17.2 Å². The number of halogens is 1. The lowest BCUT2D eigenvalue weighted by Gasteiger charge is -2.39. The summed E-state index contributed by atoms with van der Waals surface area (Å²) in [7, 11) is 1.67. The molecule has 3 nitrogen and oxygen atoms in total. The summed E-state index contributed by atoms with van der Waals surface area (Å²) in [6.07, 6.45) is 0.345. The Bertz CT molecular complexity index is 222. The predicted octanol–water partition coefficient (Wildman–Crippen LogP) is 0.257. The molecule has 0 aromatic carbocycles. The van der Waals surface area contributed by atoms with Crippen LogP contribution in [0, 0.1) is 0 Å². The Morgan fingerprint density at radius 3 is 2.36 bits per heavy atom. The third-order valence-corrected chi connectivity index (χ3v) is 2.87. The maximum absolute atomic E-state index is 13.2. The van der Waals surface area contributed by atoms with Crippen molar-refractivity contribution in [3.05, 3.63) is 0 Å². The van der Waals surface area contributed by atoms with Crippen molar-refractivity contribution >= 4 is 5.97 Å². The fourth-order valence-corrected chi connectivity index (χ4v) is 2.27. The van der Waals surface area contributed by atoms with Crippen LogP contribution >= 0.6 is 0 Å². The van der Waals surface area contributed by atoms with Crippen LogP contribution in [0.5, 0.6) is 0 Å². The Balaban J connectivity index is 2.28. The van der Waals surface area contributed by atoms with Crippen molar-refractivity contribution in [1.29, 1.82) is 0 Å². The normalized spacial score (nSPS) is 48.9. The molecule has 0 aromatic rings. The molecule has 2 heterocycles. The average molecular weight is 159 g/mol. The van der Waals surface area contributed by atoms with Gasteiger partial charge in [-0.25, -0.2) is 4.39 Å². The van der Waals surface area contributed by atoms with E-state index in [0.717, 1.165) is 0 Å². The highest BCUT2D eigenvalue weighted by molar-refractivity contribution is 5.82. The number of aliphatic carboxylic acids is 1. The predicted molar refractivity (Wildman–Crippen MR) is 36.1 cm³/mol. The summed E-state index contributed by atoms with van der Waals surface area (Å²) < 4.78 is 13.2. The number of rotatable bonds is 1. The second kappa shape index (κ2) is 1.58. The Morgan fingerprint density at radius 1 is 1.64 bits per heavy atom. The fraction of sp³-hybridized carbons (Fsp3) is 0.857. The summed E-state index contributed by atoms with van der Waals surface area (Å²) in [6, 6.07) is 0. The highest BCUT2D eigenvalue weighted by atomic mass is 19.1. The Labute approximate surface area is 63.8 Å². The van der Waals surface area contributed by atoms with Crippen LogP contribution in [0.1, 0.15) is 12.8 Å². The zero-order valence-electron chi connectivity index (χ0n) is 6.30. The maximum Gasteiger partial charge on any atom is 0.324 e. The lowest BCUT2D eigenvalue weighted by Crippen LogP contribution is -2.55. The molecule has 2 aliphatic heterocycles. The Morgan fingerprint density at radius 2 is 2.18 bits per heavy atom. The van der Waals surface area contributed by atoms with E-state index in [2.05, 4.69) is 0 Å². The minimum absolute atomic E-state index is 0.172. The molecule has 62 valence electrons. The Kier molecular flexibility index (Phi) is 1.01. The third-order valence-electron chi connectivity index (χ3n) is 2.87. The molecule has 0 amide bonds. The number of carboxylic acid groups (broad SMARTS) is 1. The largest absolute Gasteiger partial charge is 0.480 e. The molecule has 1 N–H and O–H groups in total. The lowest BCUT2D eigenvalue weighted by molar-refractivity contribution is -0.154. The molecule has 0 atom stereocenters. The topological polar surface area (TPSA) is 40.5 Å². The zero-order valence-corrected chi connectivity index (χ0v) is 6.30. The van der Waals surface area contributed by atoms with Gasteiger partial charge in [0.2, 0.25) is 0 Å². The van der Waals surface area contributed by atoms with Crippen LogP contribution in [0.2, 0.25) is 0 Å². The molecule has 0 radical (unpaired) electrons. The van der Waals surface area contributed by atoms with Gasteiger partial charge in [-0.2, -0.15) is 0 Å². The third kappa shape index (κ3) is 0.630. The van der Waals surface area contributed by atoms with Crippen molar-refractivity contribution in [3.8, 4) is 0 Å². The molecule has 0 unspecified atom stereocenters. The molecule has 3 aliphatic rings. The van der Waals surface area contributed by atoms with E-state index in [1.54, 1.807) is 11.9 Å². The van der Waals surface area contributed by atoms with Gasteiger partial charge in [0.05, 0.1) is 0 Å². The smallest absolute Gasteiger partial charge is 0.324 e. The van der Waals surface area contributed by atoms with E-state index in [-0.39, 0.29) is 19.4 Å². The standard InChI is InChI=1S/C7H10FNO2/c1-9-4-6(8)2-7(9,3-6)5(10)11/h2-4H2,1H3,(H,10,11). The van der Waals surface area contributed by atoms with Crippen LogP contribution in [-0.4, -0.2) is 40.8 Å². The van der Waals surface area contributed by atoms with Crippen LogP contribution in [0.25, 0.3) is 0 Å². The number of nitrogens with zero attached hydrogens (tertiary/aromatic N) is 1. The molecule has 3 fully saturated rings. The first kappa shape index (κ1) is 7.03. The van der Waals surface area contributed by atoms with Gasteiger partial charge < -0.3 is 5.11 Å². The molecular formula is C7H10FNO2. The first-order valence-electron chi connectivity index (χ1n) is 3.62. The molecule has 2 bridgehead atoms. The van der Waals surface area contributed by atoms with Crippen molar-refractivity contribution in [2.45, 2.75) is 24.0 Å². The molecule has 11 heavy (non-hydrogen) atoms. The van der Waals surface area contributed by atoms with Crippen LogP contribution in [0.4, 0.5) is 4.39 Å². The highest BCUT2D eigenvalue weighted by Gasteiger charge is 2.69. The van der Waals surface area contributed by atoms with E-state index >= 15 is 0 Å². The van der Waals surface area contributed by atoms with Crippen molar-refractivity contribution in [2.24, 2.45) is 0 Å². The number of fused-ring (bicyclic) bond motifs is 1. The molecule has 1 saturated carbocycles. The molecule has 2 saturated heterocycles. The maximum atomic E-state index is 13.2. The summed E-state index contributed by atoms with van der Waals surface area (Å²) in [5.74, 6) is -0.884. The second-order valence-electron chi connectivity index (χ2n) is 3.70. The van der Waals surface area contributed by atoms with Gasteiger partial charge in [0, 0.05) is 19.4 Å². The van der Waals surface area contributed by atoms with E-state index in [1.807, 2.05) is 0 Å². The second-order valence-corrected chi connectivity index (χ2v) is 3.70. The van der Waals surface area contributed by atoms with Crippen LogP contribution in [0.15, 0.2) is 0 Å². The quantitative estimate of drug-likeness (QED) is 0.596. The first-order chi connectivity index (χ1) is 4.99. The molecule has 0 aromatic heterocycles. The van der Waals surface area contributed by atoms with E-state index in [4.69, 9.17) is 5.11 Å². The van der Waals surface area contributed by atoms with E-state index in [9.17, 15) is 9.18 Å². The SMILES string of the molecule is CN1CC2(F)CC1(C(=O)O)C2. The van der Waals surface area contributed by atoms with Crippen molar-refractivity contribution in [2.75, 3.05) is 13.6 Å². The summed E-state index contributed by atoms with van der Waals surface area (Å²) in [4.78, 5) is 12.3. The van der Waals surface area contributed by atoms with Gasteiger partial charge in [-0.15, -0.1) is 0 Å². The van der Waals surface area contributed by atoms with Crippen molar-refractivity contribution in [1.82, 2.24) is 4.90 Å². The van der Waals surface area contributed by atoms with Gasteiger partial charge in [-0.1, -0.05) is 0 Å².